The van der Waals surface area contributed by atoms with Crippen LogP contribution in [-0.2, 0) is 16.1 Å². The molecule has 2 fully saturated rings. The maximum absolute atomic E-state index is 14.2. The zero-order valence-electron chi connectivity index (χ0n) is 19.6. The Kier molecular flexibility index (Phi) is 6.56. The van der Waals surface area contributed by atoms with Crippen LogP contribution >= 0.6 is 0 Å². The summed E-state index contributed by atoms with van der Waals surface area (Å²) >= 11 is 0. The second kappa shape index (κ2) is 9.94. The van der Waals surface area contributed by atoms with E-state index in [1.54, 1.807) is 23.1 Å². The van der Waals surface area contributed by atoms with Gasteiger partial charge in [0.2, 0.25) is 5.91 Å². The molecule has 9 heteroatoms. The number of likely N-dealkylation sites (tertiary alicyclic amines) is 1. The fraction of sp³-hybridized carbons (Fsp3) is 0.296. The average molecular weight is 492 g/mol. The summed E-state index contributed by atoms with van der Waals surface area (Å²) in [7, 11) is 0. The molecule has 8 nitrogen and oxygen atoms in total. The minimum absolute atomic E-state index is 0.00229. The maximum atomic E-state index is 14.2. The fourth-order valence-corrected chi connectivity index (χ4v) is 4.85. The van der Waals surface area contributed by atoms with Crippen molar-refractivity contribution < 1.29 is 27.9 Å². The first-order valence-electron chi connectivity index (χ1n) is 11.8. The number of hydrogen-bond acceptors (Lipinski definition) is 5. The highest BCUT2D eigenvalue weighted by atomic mass is 19.1. The summed E-state index contributed by atoms with van der Waals surface area (Å²) in [4.78, 5) is 42.6. The van der Waals surface area contributed by atoms with Gasteiger partial charge in [0.15, 0.2) is 5.76 Å². The number of nitrogens with one attached hydrogen (secondary N) is 1. The predicted molar refractivity (Wildman–Crippen MR) is 127 cm³/mol. The number of ether oxygens (including phenoxy) is 1. The lowest BCUT2D eigenvalue weighted by molar-refractivity contribution is -0.128. The zero-order chi connectivity index (χ0) is 25.1. The van der Waals surface area contributed by atoms with Gasteiger partial charge < -0.3 is 19.4 Å². The van der Waals surface area contributed by atoms with Crippen LogP contribution in [0.15, 0.2) is 77.4 Å². The number of furan rings is 1. The smallest absolute Gasteiger partial charge is 0.292 e. The molecule has 0 saturated carbocycles. The summed E-state index contributed by atoms with van der Waals surface area (Å²) in [6.07, 6.45) is 1.96. The Morgan fingerprint density at radius 1 is 0.944 bits per heavy atom. The molecule has 2 saturated heterocycles. The van der Waals surface area contributed by atoms with E-state index in [9.17, 15) is 18.8 Å². The van der Waals surface area contributed by atoms with Crippen molar-refractivity contribution in [3.63, 3.8) is 0 Å². The summed E-state index contributed by atoms with van der Waals surface area (Å²) < 4.78 is 25.7. The van der Waals surface area contributed by atoms with Gasteiger partial charge in [0, 0.05) is 32.5 Å². The summed E-state index contributed by atoms with van der Waals surface area (Å²) in [5.41, 5.74) is -0.143. The Morgan fingerprint density at radius 3 is 2.36 bits per heavy atom. The summed E-state index contributed by atoms with van der Waals surface area (Å²) in [5, 5.41) is 2.90. The average Bonchev–Trinajstić information content (AvgIpc) is 3.57. The van der Waals surface area contributed by atoms with Crippen LogP contribution in [0.3, 0.4) is 0 Å². The predicted octanol–water partition coefficient (Wildman–Crippen LogP) is 3.21. The third kappa shape index (κ3) is 4.49. The van der Waals surface area contributed by atoms with E-state index in [2.05, 4.69) is 5.32 Å². The molecule has 0 radical (unpaired) electrons. The molecule has 186 valence electrons. The largest absolute Gasteiger partial charge is 0.459 e. The molecule has 3 amide bonds. The molecule has 36 heavy (non-hydrogen) atoms. The number of benzene rings is 2. The zero-order valence-corrected chi connectivity index (χ0v) is 19.6. The second-order valence-electron chi connectivity index (χ2n) is 8.90. The van der Waals surface area contributed by atoms with Gasteiger partial charge in [-0.3, -0.25) is 19.3 Å². The number of carbonyl (C=O) groups excluding carboxylic acids is 3. The molecule has 0 bridgehead atoms. The third-order valence-corrected chi connectivity index (χ3v) is 6.76. The topological polar surface area (TPSA) is 92.1 Å². The molecule has 0 aliphatic carbocycles. The highest BCUT2D eigenvalue weighted by Gasteiger charge is 2.54. The number of carbonyl (C=O) groups is 3. The van der Waals surface area contributed by atoms with Crippen molar-refractivity contribution in [3.05, 3.63) is 95.7 Å². The Bertz CT molecular complexity index is 1240. The van der Waals surface area contributed by atoms with Crippen LogP contribution in [-0.4, -0.2) is 59.0 Å². The Balaban J connectivity index is 1.34. The van der Waals surface area contributed by atoms with Crippen molar-refractivity contribution in [1.82, 2.24) is 15.1 Å². The maximum Gasteiger partial charge on any atom is 0.292 e. The monoisotopic (exact) mass is 491 g/mol. The summed E-state index contributed by atoms with van der Waals surface area (Å²) in [5.74, 6) is -1.68. The molecule has 2 aliphatic heterocycles. The molecule has 1 aromatic heterocycles. The molecule has 3 aromatic rings. The molecule has 1 N–H and O–H groups in total. The van der Waals surface area contributed by atoms with Crippen molar-refractivity contribution in [1.29, 1.82) is 0 Å². The SMILES string of the molecule is O=C(NCc1ccccc1)[C@@H]1COC2(CCN(C(=O)c3ccccc3F)CC2)N1C(=O)c1ccco1. The van der Waals surface area contributed by atoms with Crippen molar-refractivity contribution in [3.8, 4) is 0 Å². The van der Waals surface area contributed by atoms with Crippen LogP contribution < -0.4 is 5.32 Å². The lowest BCUT2D eigenvalue weighted by atomic mass is 9.96. The van der Waals surface area contributed by atoms with Crippen molar-refractivity contribution in [2.45, 2.75) is 31.2 Å². The van der Waals surface area contributed by atoms with Crippen LogP contribution in [0.2, 0.25) is 0 Å². The number of nitrogens with zero attached hydrogens (tertiary/aromatic N) is 2. The van der Waals surface area contributed by atoms with Crippen LogP contribution in [0.25, 0.3) is 0 Å². The first-order chi connectivity index (χ1) is 17.5. The van der Waals surface area contributed by atoms with E-state index in [1.807, 2.05) is 30.3 Å². The van der Waals surface area contributed by atoms with Gasteiger partial charge in [-0.05, 0) is 29.8 Å². The molecule has 3 heterocycles. The Labute approximate surface area is 207 Å². The first kappa shape index (κ1) is 23.7. The van der Waals surface area contributed by atoms with E-state index >= 15 is 0 Å². The van der Waals surface area contributed by atoms with E-state index in [0.717, 1.165) is 5.56 Å². The highest BCUT2D eigenvalue weighted by Crippen LogP contribution is 2.39. The molecule has 0 unspecified atom stereocenters. The minimum atomic E-state index is -1.08. The van der Waals surface area contributed by atoms with Gasteiger partial charge in [-0.15, -0.1) is 0 Å². The molecular formula is C27H26FN3O5. The number of piperidine rings is 1. The standard InChI is InChI=1S/C27H26FN3O5/c28-21-10-5-4-9-20(21)25(33)30-14-12-27(13-15-30)31(26(34)23-11-6-16-35-23)22(18-36-27)24(32)29-17-19-7-2-1-3-8-19/h1-11,16,22H,12-15,17-18H2,(H,29,32)/t22-/m0/s1. The van der Waals surface area contributed by atoms with Crippen molar-refractivity contribution >= 4 is 17.7 Å². The highest BCUT2D eigenvalue weighted by molar-refractivity contribution is 5.97. The summed E-state index contributed by atoms with van der Waals surface area (Å²) in [6.45, 7) is 0.826. The second-order valence-corrected chi connectivity index (χ2v) is 8.90. The molecule has 5 rings (SSSR count). The molecule has 2 aromatic carbocycles. The van der Waals surface area contributed by atoms with Gasteiger partial charge >= 0.3 is 0 Å². The molecular weight excluding hydrogens is 465 g/mol. The van der Waals surface area contributed by atoms with Gasteiger partial charge in [0.25, 0.3) is 11.8 Å². The Hall–Kier alpha value is -3.98. The van der Waals surface area contributed by atoms with Crippen LogP contribution in [0, 0.1) is 5.82 Å². The molecule has 1 spiro atoms. The molecule has 2 aliphatic rings. The van der Waals surface area contributed by atoms with Gasteiger partial charge in [0.05, 0.1) is 18.4 Å². The Morgan fingerprint density at radius 2 is 1.67 bits per heavy atom. The number of rotatable bonds is 5. The van der Waals surface area contributed by atoms with E-state index < -0.39 is 29.4 Å². The van der Waals surface area contributed by atoms with E-state index in [1.165, 1.54) is 29.4 Å². The number of halogens is 1. The number of amides is 3. The third-order valence-electron chi connectivity index (χ3n) is 6.76. The van der Waals surface area contributed by atoms with Crippen LogP contribution in [0.5, 0.6) is 0 Å². The quantitative estimate of drug-likeness (QED) is 0.592. The van der Waals surface area contributed by atoms with Crippen LogP contribution in [0.1, 0.15) is 39.3 Å². The minimum Gasteiger partial charge on any atom is -0.459 e. The van der Waals surface area contributed by atoms with E-state index in [0.29, 0.717) is 6.54 Å². The van der Waals surface area contributed by atoms with Crippen LogP contribution in [0.4, 0.5) is 4.39 Å². The van der Waals surface area contributed by atoms with Crippen molar-refractivity contribution in [2.24, 2.45) is 0 Å². The van der Waals surface area contributed by atoms with Gasteiger partial charge in [0.1, 0.15) is 17.6 Å². The van der Waals surface area contributed by atoms with E-state index in [-0.39, 0.29) is 49.8 Å². The van der Waals surface area contributed by atoms with Crippen molar-refractivity contribution in [2.75, 3.05) is 19.7 Å². The molecule has 1 atom stereocenters. The van der Waals surface area contributed by atoms with Gasteiger partial charge in [-0.25, -0.2) is 4.39 Å². The lowest BCUT2D eigenvalue weighted by Crippen LogP contribution is -2.59. The summed E-state index contributed by atoms with van der Waals surface area (Å²) in [6, 6.07) is 17.6. The fourth-order valence-electron chi connectivity index (χ4n) is 4.85. The number of hydrogen-bond donors (Lipinski definition) is 1. The lowest BCUT2D eigenvalue weighted by Gasteiger charge is -2.44. The normalized spacial score (nSPS) is 18.9. The van der Waals surface area contributed by atoms with Gasteiger partial charge in [-0.2, -0.15) is 0 Å². The first-order valence-corrected chi connectivity index (χ1v) is 11.8. The van der Waals surface area contributed by atoms with E-state index in [4.69, 9.17) is 9.15 Å². The van der Waals surface area contributed by atoms with Gasteiger partial charge in [-0.1, -0.05) is 42.5 Å².